The fourth-order valence-corrected chi connectivity index (χ4v) is 3.76. The van der Waals surface area contributed by atoms with Crippen LogP contribution in [0.1, 0.15) is 37.8 Å². The zero-order valence-electron chi connectivity index (χ0n) is 11.9. The monoisotopic (exact) mass is 292 g/mol. The van der Waals surface area contributed by atoms with Gasteiger partial charge in [0.15, 0.2) is 0 Å². The number of carboxylic acid groups (broad SMARTS) is 1. The predicted molar refractivity (Wildman–Crippen MR) is 73.1 cm³/mol. The van der Waals surface area contributed by atoms with Crippen LogP contribution in [0.5, 0.6) is 0 Å². The van der Waals surface area contributed by atoms with Crippen molar-refractivity contribution in [1.29, 1.82) is 0 Å². The fourth-order valence-electron chi connectivity index (χ4n) is 3.76. The maximum atomic E-state index is 12.0. The second kappa shape index (κ2) is 5.83. The van der Waals surface area contributed by atoms with Gasteiger partial charge in [-0.15, -0.1) is 5.10 Å². The molecule has 2 fully saturated rings. The normalized spacial score (nSPS) is 27.0. The molecule has 0 aromatic carbocycles. The van der Waals surface area contributed by atoms with E-state index in [2.05, 4.69) is 15.6 Å². The first-order valence-electron chi connectivity index (χ1n) is 7.47. The van der Waals surface area contributed by atoms with E-state index < -0.39 is 5.97 Å². The molecule has 0 aliphatic heterocycles. The van der Waals surface area contributed by atoms with Crippen molar-refractivity contribution < 1.29 is 14.7 Å². The van der Waals surface area contributed by atoms with Crippen molar-refractivity contribution in [3.05, 3.63) is 11.9 Å². The summed E-state index contributed by atoms with van der Waals surface area (Å²) in [7, 11) is 0. The van der Waals surface area contributed by atoms with Crippen LogP contribution in [0, 0.1) is 17.8 Å². The average Bonchev–Trinajstić information content (AvgIpc) is 3.12. The molecule has 0 saturated heterocycles. The molecule has 1 aromatic heterocycles. The minimum Gasteiger partial charge on any atom is -0.480 e. The van der Waals surface area contributed by atoms with Crippen molar-refractivity contribution in [3.63, 3.8) is 0 Å². The first-order chi connectivity index (χ1) is 10.1. The summed E-state index contributed by atoms with van der Waals surface area (Å²) in [6, 6.07) is 0. The number of carbonyl (C=O) groups is 2. The molecule has 2 saturated carbocycles. The Hall–Kier alpha value is -1.92. The molecule has 1 heterocycles. The second-order valence-electron chi connectivity index (χ2n) is 6.22. The Balaban J connectivity index is 1.43. The maximum absolute atomic E-state index is 12.0. The number of rotatable bonds is 6. The molecule has 1 amide bonds. The van der Waals surface area contributed by atoms with E-state index in [0.717, 1.165) is 11.8 Å². The summed E-state index contributed by atoms with van der Waals surface area (Å²) in [6.07, 6.45) is 7.28. The Kier molecular flexibility index (Phi) is 3.90. The molecule has 21 heavy (non-hydrogen) atoms. The van der Waals surface area contributed by atoms with Crippen molar-refractivity contribution in [2.45, 2.75) is 45.2 Å². The number of hydrogen-bond donors (Lipinski definition) is 2. The molecule has 1 aromatic rings. The third-order valence-corrected chi connectivity index (χ3v) is 4.68. The fraction of sp³-hybridized carbons (Fsp3) is 0.714. The molecule has 7 heteroatoms. The molecule has 0 spiro atoms. The predicted octanol–water partition coefficient (Wildman–Crippen LogP) is 0.805. The first-order valence-corrected chi connectivity index (χ1v) is 7.47. The van der Waals surface area contributed by atoms with Gasteiger partial charge in [0.1, 0.15) is 12.2 Å². The largest absolute Gasteiger partial charge is 0.480 e. The molecule has 2 aliphatic carbocycles. The molecule has 3 atom stereocenters. The van der Waals surface area contributed by atoms with E-state index in [1.807, 2.05) is 0 Å². The highest BCUT2D eigenvalue weighted by molar-refractivity contribution is 5.76. The molecule has 114 valence electrons. The highest BCUT2D eigenvalue weighted by Crippen LogP contribution is 2.49. The number of carbonyl (C=O) groups excluding carboxylic acids is 1. The zero-order valence-corrected chi connectivity index (χ0v) is 11.9. The van der Waals surface area contributed by atoms with E-state index in [1.54, 1.807) is 6.20 Å². The smallest absolute Gasteiger partial charge is 0.325 e. The zero-order chi connectivity index (χ0) is 14.8. The summed E-state index contributed by atoms with van der Waals surface area (Å²) in [5, 5.41) is 19.0. The minimum absolute atomic E-state index is 0.0559. The van der Waals surface area contributed by atoms with Gasteiger partial charge in [-0.05, 0) is 37.0 Å². The second-order valence-corrected chi connectivity index (χ2v) is 6.22. The van der Waals surface area contributed by atoms with Gasteiger partial charge >= 0.3 is 5.97 Å². The van der Waals surface area contributed by atoms with Gasteiger partial charge in [-0.2, -0.15) is 0 Å². The van der Waals surface area contributed by atoms with E-state index in [4.69, 9.17) is 5.11 Å². The van der Waals surface area contributed by atoms with Crippen molar-refractivity contribution in [3.8, 4) is 0 Å². The number of nitrogens with one attached hydrogen (secondary N) is 1. The molecule has 3 unspecified atom stereocenters. The van der Waals surface area contributed by atoms with Gasteiger partial charge in [0.05, 0.1) is 12.7 Å². The number of amides is 1. The summed E-state index contributed by atoms with van der Waals surface area (Å²) in [4.78, 5) is 22.5. The average molecular weight is 292 g/mol. The van der Waals surface area contributed by atoms with Crippen LogP contribution in [0.15, 0.2) is 6.20 Å². The van der Waals surface area contributed by atoms with Gasteiger partial charge in [0.2, 0.25) is 5.91 Å². The van der Waals surface area contributed by atoms with Crippen LogP contribution in [0.25, 0.3) is 0 Å². The third-order valence-electron chi connectivity index (χ3n) is 4.68. The summed E-state index contributed by atoms with van der Waals surface area (Å²) in [5.41, 5.74) is 0.581. The van der Waals surface area contributed by atoms with E-state index in [9.17, 15) is 9.59 Å². The van der Waals surface area contributed by atoms with E-state index >= 15 is 0 Å². The molecule has 7 nitrogen and oxygen atoms in total. The number of nitrogens with zero attached hydrogens (tertiary/aromatic N) is 3. The highest BCUT2D eigenvalue weighted by Gasteiger charge is 2.39. The van der Waals surface area contributed by atoms with Crippen LogP contribution in [0.3, 0.4) is 0 Å². The van der Waals surface area contributed by atoms with Crippen LogP contribution in [0.4, 0.5) is 0 Å². The summed E-state index contributed by atoms with van der Waals surface area (Å²) >= 11 is 0. The minimum atomic E-state index is -0.966. The number of hydrogen-bond acceptors (Lipinski definition) is 4. The van der Waals surface area contributed by atoms with Crippen LogP contribution in [-0.4, -0.2) is 32.0 Å². The van der Waals surface area contributed by atoms with Crippen molar-refractivity contribution in [1.82, 2.24) is 20.3 Å². The maximum Gasteiger partial charge on any atom is 0.325 e. The lowest BCUT2D eigenvalue weighted by Crippen LogP contribution is -2.27. The van der Waals surface area contributed by atoms with Crippen LogP contribution >= 0.6 is 0 Å². The van der Waals surface area contributed by atoms with Crippen molar-refractivity contribution in [2.24, 2.45) is 17.8 Å². The number of aromatic nitrogens is 3. The quantitative estimate of drug-likeness (QED) is 0.808. The Morgan fingerprint density at radius 3 is 2.90 bits per heavy atom. The molecule has 2 aliphatic rings. The lowest BCUT2D eigenvalue weighted by atomic mass is 9.86. The molecule has 2 N–H and O–H groups in total. The van der Waals surface area contributed by atoms with Gasteiger partial charge in [-0.3, -0.25) is 9.59 Å². The third kappa shape index (κ3) is 3.40. The summed E-state index contributed by atoms with van der Waals surface area (Å²) < 4.78 is 1.25. The van der Waals surface area contributed by atoms with Crippen molar-refractivity contribution >= 4 is 11.9 Å². The Bertz CT molecular complexity index is 542. The Morgan fingerprint density at radius 1 is 1.38 bits per heavy atom. The van der Waals surface area contributed by atoms with Gasteiger partial charge in [-0.1, -0.05) is 11.6 Å². The Labute approximate surface area is 122 Å². The number of aliphatic carboxylic acids is 1. The SMILES string of the molecule is O=C(O)Cn1cc(CNC(=O)CC2CC3CCC2C3)nn1. The van der Waals surface area contributed by atoms with Gasteiger partial charge < -0.3 is 10.4 Å². The van der Waals surface area contributed by atoms with E-state index in [0.29, 0.717) is 24.6 Å². The summed E-state index contributed by atoms with van der Waals surface area (Å²) in [6.45, 7) is 0.0886. The molecular weight excluding hydrogens is 272 g/mol. The van der Waals surface area contributed by atoms with Gasteiger partial charge in [-0.25, -0.2) is 4.68 Å². The Morgan fingerprint density at radius 2 is 2.24 bits per heavy atom. The van der Waals surface area contributed by atoms with Crippen LogP contribution < -0.4 is 5.32 Å². The number of carboxylic acids is 1. The van der Waals surface area contributed by atoms with Gasteiger partial charge in [0, 0.05) is 6.42 Å². The first kappa shape index (κ1) is 14.0. The lowest BCUT2D eigenvalue weighted by Gasteiger charge is -2.20. The topological polar surface area (TPSA) is 97.1 Å². The van der Waals surface area contributed by atoms with E-state index in [1.165, 1.54) is 30.4 Å². The molecular formula is C14H20N4O3. The van der Waals surface area contributed by atoms with Gasteiger partial charge in [0.25, 0.3) is 0 Å². The lowest BCUT2D eigenvalue weighted by molar-refractivity contribution is -0.138. The number of fused-ring (bicyclic) bond motifs is 2. The standard InChI is InChI=1S/C14H20N4O3/c19-13(5-11-4-9-1-2-10(11)3-9)15-6-12-7-18(17-16-12)8-14(20)21/h7,9-11H,1-6,8H2,(H,15,19)(H,20,21). The molecule has 0 radical (unpaired) electrons. The van der Waals surface area contributed by atoms with Crippen LogP contribution in [-0.2, 0) is 22.7 Å². The highest BCUT2D eigenvalue weighted by atomic mass is 16.4. The van der Waals surface area contributed by atoms with Crippen molar-refractivity contribution in [2.75, 3.05) is 0 Å². The molecule has 3 rings (SSSR count). The summed E-state index contributed by atoms with van der Waals surface area (Å²) in [5.74, 6) is 1.24. The van der Waals surface area contributed by atoms with E-state index in [-0.39, 0.29) is 12.5 Å². The molecule has 2 bridgehead atoms. The van der Waals surface area contributed by atoms with Crippen LogP contribution in [0.2, 0.25) is 0 Å².